The smallest absolute Gasteiger partial charge is 0.00721 e. The maximum atomic E-state index is 5.75. The Morgan fingerprint density at radius 2 is 1.93 bits per heavy atom. The highest BCUT2D eigenvalue weighted by Crippen LogP contribution is 2.64. The third-order valence-electron chi connectivity index (χ3n) is 5.65. The van der Waals surface area contributed by atoms with Gasteiger partial charge in [-0.3, -0.25) is 0 Å². The van der Waals surface area contributed by atoms with Gasteiger partial charge in [0.1, 0.15) is 0 Å². The lowest BCUT2D eigenvalue weighted by Crippen LogP contribution is -2.55. The first-order valence-corrected chi connectivity index (χ1v) is 6.59. The molecule has 0 aliphatic heterocycles. The molecule has 3 fully saturated rings. The second-order valence-electron chi connectivity index (χ2n) is 7.07. The van der Waals surface area contributed by atoms with Crippen molar-refractivity contribution < 1.29 is 0 Å². The van der Waals surface area contributed by atoms with Crippen LogP contribution in [0.2, 0.25) is 0 Å². The number of fused-ring (bicyclic) bond motifs is 2. The molecule has 3 unspecified atom stereocenters. The summed E-state index contributed by atoms with van der Waals surface area (Å²) in [4.78, 5) is 0. The Morgan fingerprint density at radius 1 is 1.27 bits per heavy atom. The predicted octanol–water partition coefficient (Wildman–Crippen LogP) is 3.43. The van der Waals surface area contributed by atoms with Crippen molar-refractivity contribution in [2.75, 3.05) is 6.54 Å². The van der Waals surface area contributed by atoms with Gasteiger partial charge in [-0.05, 0) is 60.8 Å². The minimum absolute atomic E-state index is 0.460. The van der Waals surface area contributed by atoms with Gasteiger partial charge in [0, 0.05) is 0 Å². The van der Waals surface area contributed by atoms with Gasteiger partial charge in [-0.15, -0.1) is 0 Å². The van der Waals surface area contributed by atoms with E-state index in [2.05, 4.69) is 27.7 Å². The van der Waals surface area contributed by atoms with Crippen molar-refractivity contribution in [2.24, 2.45) is 34.3 Å². The van der Waals surface area contributed by atoms with E-state index in [0.29, 0.717) is 10.8 Å². The first-order valence-electron chi connectivity index (χ1n) is 6.59. The van der Waals surface area contributed by atoms with Crippen LogP contribution in [-0.4, -0.2) is 6.54 Å². The van der Waals surface area contributed by atoms with E-state index in [1.165, 1.54) is 25.7 Å². The molecule has 3 rings (SSSR count). The average molecular weight is 209 g/mol. The molecule has 0 heterocycles. The van der Waals surface area contributed by atoms with Crippen LogP contribution < -0.4 is 5.73 Å². The summed E-state index contributed by atoms with van der Waals surface area (Å²) in [7, 11) is 0. The molecule has 0 saturated heterocycles. The summed E-state index contributed by atoms with van der Waals surface area (Å²) >= 11 is 0. The zero-order valence-electron chi connectivity index (χ0n) is 10.8. The Morgan fingerprint density at radius 3 is 2.40 bits per heavy atom. The van der Waals surface area contributed by atoms with Gasteiger partial charge in [-0.25, -0.2) is 0 Å². The van der Waals surface area contributed by atoms with E-state index in [1.807, 2.05) is 0 Å². The summed E-state index contributed by atoms with van der Waals surface area (Å²) in [6, 6.07) is 0. The lowest BCUT2D eigenvalue weighted by Gasteiger charge is -2.63. The summed E-state index contributed by atoms with van der Waals surface area (Å²) in [6.45, 7) is 10.7. The Bertz CT molecular complexity index is 240. The van der Waals surface area contributed by atoms with Crippen LogP contribution in [0, 0.1) is 28.6 Å². The molecule has 3 saturated carbocycles. The Balaban J connectivity index is 2.10. The van der Waals surface area contributed by atoms with Crippen molar-refractivity contribution in [1.29, 1.82) is 0 Å². The van der Waals surface area contributed by atoms with E-state index >= 15 is 0 Å². The summed E-state index contributed by atoms with van der Waals surface area (Å²) in [5.41, 5.74) is 6.83. The standard InChI is InChI=1S/C14H27N/c1-13(2,7-8-15)11-6-5-10-9-12(11)14(10,3)4/h10-12H,5-9,15H2,1-4H3. The van der Waals surface area contributed by atoms with E-state index in [9.17, 15) is 0 Å². The zero-order valence-corrected chi connectivity index (χ0v) is 10.8. The average Bonchev–Trinajstić information content (AvgIpc) is 2.17. The second kappa shape index (κ2) is 3.48. The van der Waals surface area contributed by atoms with Crippen molar-refractivity contribution in [2.45, 2.75) is 53.4 Å². The fourth-order valence-electron chi connectivity index (χ4n) is 4.30. The monoisotopic (exact) mass is 209 g/mol. The van der Waals surface area contributed by atoms with Crippen LogP contribution in [0.15, 0.2) is 0 Å². The van der Waals surface area contributed by atoms with Crippen LogP contribution in [0.3, 0.4) is 0 Å². The molecule has 3 atom stereocenters. The molecule has 0 amide bonds. The number of hydrogen-bond donors (Lipinski definition) is 1. The predicted molar refractivity (Wildman–Crippen MR) is 65.6 cm³/mol. The van der Waals surface area contributed by atoms with Gasteiger partial charge in [0.15, 0.2) is 0 Å². The molecule has 0 aromatic carbocycles. The highest BCUT2D eigenvalue weighted by atomic mass is 14.6. The molecule has 0 spiro atoms. The molecule has 88 valence electrons. The SMILES string of the molecule is CC(C)(CCN)C1CCC2CC1C2(C)C. The highest BCUT2D eigenvalue weighted by molar-refractivity contribution is 5.06. The lowest BCUT2D eigenvalue weighted by molar-refractivity contribution is -0.138. The summed E-state index contributed by atoms with van der Waals surface area (Å²) < 4.78 is 0. The minimum atomic E-state index is 0.460. The van der Waals surface area contributed by atoms with Crippen molar-refractivity contribution >= 4 is 0 Å². The van der Waals surface area contributed by atoms with E-state index in [0.717, 1.165) is 24.3 Å². The van der Waals surface area contributed by atoms with E-state index in [4.69, 9.17) is 5.73 Å². The largest absolute Gasteiger partial charge is 0.330 e. The fraction of sp³-hybridized carbons (Fsp3) is 1.00. The Kier molecular flexibility index (Phi) is 2.65. The topological polar surface area (TPSA) is 26.0 Å². The first kappa shape index (κ1) is 11.4. The van der Waals surface area contributed by atoms with Crippen LogP contribution in [0.1, 0.15) is 53.4 Å². The molecule has 3 aliphatic carbocycles. The van der Waals surface area contributed by atoms with E-state index < -0.39 is 0 Å². The molecular weight excluding hydrogens is 182 g/mol. The van der Waals surface area contributed by atoms with Crippen molar-refractivity contribution in [1.82, 2.24) is 0 Å². The maximum absolute atomic E-state index is 5.75. The third kappa shape index (κ3) is 1.63. The molecule has 1 nitrogen and oxygen atoms in total. The molecule has 3 aliphatic rings. The molecular formula is C14H27N. The molecule has 0 aromatic heterocycles. The van der Waals surface area contributed by atoms with Crippen LogP contribution in [-0.2, 0) is 0 Å². The maximum Gasteiger partial charge on any atom is -0.00721 e. The van der Waals surface area contributed by atoms with Crippen LogP contribution >= 0.6 is 0 Å². The molecule has 2 bridgehead atoms. The van der Waals surface area contributed by atoms with E-state index in [1.54, 1.807) is 0 Å². The molecule has 15 heavy (non-hydrogen) atoms. The minimum Gasteiger partial charge on any atom is -0.330 e. The van der Waals surface area contributed by atoms with Crippen LogP contribution in [0.4, 0.5) is 0 Å². The fourth-order valence-corrected chi connectivity index (χ4v) is 4.30. The van der Waals surface area contributed by atoms with Gasteiger partial charge < -0.3 is 5.73 Å². The normalized spacial score (nSPS) is 38.6. The number of hydrogen-bond acceptors (Lipinski definition) is 1. The van der Waals surface area contributed by atoms with Gasteiger partial charge in [0.05, 0.1) is 0 Å². The third-order valence-corrected chi connectivity index (χ3v) is 5.65. The number of nitrogens with two attached hydrogens (primary N) is 1. The van der Waals surface area contributed by atoms with Gasteiger partial charge >= 0.3 is 0 Å². The van der Waals surface area contributed by atoms with Crippen molar-refractivity contribution in [3.05, 3.63) is 0 Å². The van der Waals surface area contributed by atoms with Crippen molar-refractivity contribution in [3.8, 4) is 0 Å². The van der Waals surface area contributed by atoms with Crippen molar-refractivity contribution in [3.63, 3.8) is 0 Å². The zero-order chi connectivity index (χ0) is 11.3. The second-order valence-corrected chi connectivity index (χ2v) is 7.07. The quantitative estimate of drug-likeness (QED) is 0.757. The molecule has 1 heteroatoms. The molecule has 0 radical (unpaired) electrons. The summed E-state index contributed by atoms with van der Waals surface area (Å²) in [6.07, 6.45) is 5.59. The van der Waals surface area contributed by atoms with Gasteiger partial charge in [-0.2, -0.15) is 0 Å². The first-order chi connectivity index (χ1) is 6.89. The highest BCUT2D eigenvalue weighted by Gasteiger charge is 2.56. The molecule has 0 aromatic rings. The van der Waals surface area contributed by atoms with E-state index in [-0.39, 0.29) is 0 Å². The summed E-state index contributed by atoms with van der Waals surface area (Å²) in [5, 5.41) is 0. The van der Waals surface area contributed by atoms with Crippen LogP contribution in [0.5, 0.6) is 0 Å². The van der Waals surface area contributed by atoms with Gasteiger partial charge in [-0.1, -0.05) is 27.7 Å². The lowest BCUT2D eigenvalue weighted by atomic mass is 9.42. The molecule has 2 N–H and O–H groups in total. The van der Waals surface area contributed by atoms with Gasteiger partial charge in [0.25, 0.3) is 0 Å². The van der Waals surface area contributed by atoms with Crippen LogP contribution in [0.25, 0.3) is 0 Å². The van der Waals surface area contributed by atoms with Gasteiger partial charge in [0.2, 0.25) is 0 Å². The number of rotatable bonds is 3. The Labute approximate surface area is 94.8 Å². The summed E-state index contributed by atoms with van der Waals surface area (Å²) in [5.74, 6) is 2.91. The Hall–Kier alpha value is -0.0400.